The van der Waals surface area contributed by atoms with Gasteiger partial charge in [0.2, 0.25) is 6.29 Å². The largest absolute Gasteiger partial charge is 0.457 e. The Balaban J connectivity index is 1.59. The van der Waals surface area contributed by atoms with Gasteiger partial charge in [0, 0.05) is 13.8 Å². The zero-order chi connectivity index (χ0) is 27.5. The van der Waals surface area contributed by atoms with E-state index in [0.717, 1.165) is 16.7 Å². The summed E-state index contributed by atoms with van der Waals surface area (Å²) in [6.45, 7) is 3.46. The molecule has 8 nitrogen and oxygen atoms in total. The number of hydrogen-bond donors (Lipinski definition) is 0. The molecule has 8 heteroatoms. The summed E-state index contributed by atoms with van der Waals surface area (Å²) in [7, 11) is 0. The molecular weight excluding hydrogens is 500 g/mol. The minimum atomic E-state index is -1.11. The lowest BCUT2D eigenvalue weighted by Gasteiger charge is -2.44. The highest BCUT2D eigenvalue weighted by Gasteiger charge is 2.51. The molecule has 1 aliphatic rings. The second-order valence-electron chi connectivity index (χ2n) is 9.25. The smallest absolute Gasteiger partial charge is 0.305 e. The van der Waals surface area contributed by atoms with Crippen molar-refractivity contribution in [1.82, 2.24) is 0 Å². The average Bonchev–Trinajstić information content (AvgIpc) is 2.94. The molecule has 0 aliphatic carbocycles. The fourth-order valence-corrected chi connectivity index (χ4v) is 4.37. The molecule has 0 N–H and O–H groups in total. The molecular formula is C31H34O8. The first-order valence-electron chi connectivity index (χ1n) is 12.9. The summed E-state index contributed by atoms with van der Waals surface area (Å²) < 4.78 is 36.1. The summed E-state index contributed by atoms with van der Waals surface area (Å²) in [5.41, 5.74) is 2.82. The molecule has 3 aromatic rings. The second-order valence-corrected chi connectivity index (χ2v) is 9.25. The van der Waals surface area contributed by atoms with Crippen LogP contribution in [0.25, 0.3) is 0 Å². The third-order valence-electron chi connectivity index (χ3n) is 6.14. The van der Waals surface area contributed by atoms with Crippen LogP contribution in [-0.4, -0.2) is 49.3 Å². The summed E-state index contributed by atoms with van der Waals surface area (Å²) in [6.07, 6.45) is -4.47. The van der Waals surface area contributed by atoms with Crippen LogP contribution >= 0.6 is 0 Å². The Morgan fingerprint density at radius 2 is 1.08 bits per heavy atom. The first-order chi connectivity index (χ1) is 19.0. The maximum Gasteiger partial charge on any atom is 0.305 e. The quantitative estimate of drug-likeness (QED) is 0.312. The van der Waals surface area contributed by atoms with Gasteiger partial charge >= 0.3 is 11.9 Å². The van der Waals surface area contributed by atoms with E-state index in [1.807, 2.05) is 91.0 Å². The van der Waals surface area contributed by atoms with Crippen LogP contribution in [0.5, 0.6) is 0 Å². The van der Waals surface area contributed by atoms with Gasteiger partial charge in [-0.3, -0.25) is 9.59 Å². The summed E-state index contributed by atoms with van der Waals surface area (Å²) >= 11 is 0. The van der Waals surface area contributed by atoms with Gasteiger partial charge in [0.1, 0.15) is 12.2 Å². The van der Waals surface area contributed by atoms with Crippen LogP contribution in [0.2, 0.25) is 0 Å². The first kappa shape index (κ1) is 28.4. The third-order valence-corrected chi connectivity index (χ3v) is 6.14. The highest BCUT2D eigenvalue weighted by Crippen LogP contribution is 2.31. The van der Waals surface area contributed by atoms with E-state index in [4.69, 9.17) is 28.4 Å². The lowest BCUT2D eigenvalue weighted by atomic mass is 9.98. The fraction of sp³-hybridized carbons (Fsp3) is 0.355. The molecule has 0 amide bonds. The Morgan fingerprint density at radius 3 is 1.56 bits per heavy atom. The number of esters is 2. The molecule has 0 saturated carbocycles. The minimum absolute atomic E-state index is 0.0706. The highest BCUT2D eigenvalue weighted by atomic mass is 16.7. The zero-order valence-electron chi connectivity index (χ0n) is 22.1. The van der Waals surface area contributed by atoms with E-state index in [1.165, 1.54) is 13.8 Å². The van der Waals surface area contributed by atoms with Gasteiger partial charge in [0.25, 0.3) is 0 Å². The van der Waals surface area contributed by atoms with Crippen molar-refractivity contribution in [3.63, 3.8) is 0 Å². The van der Waals surface area contributed by atoms with Crippen molar-refractivity contribution < 1.29 is 38.0 Å². The normalized spacial score (nSPS) is 22.7. The van der Waals surface area contributed by atoms with Crippen LogP contribution in [0.3, 0.4) is 0 Å². The van der Waals surface area contributed by atoms with Crippen molar-refractivity contribution in [3.05, 3.63) is 108 Å². The van der Waals surface area contributed by atoms with E-state index in [1.54, 1.807) is 0 Å². The standard InChI is InChI=1S/C31H34O8/c1-22(32)37-28-27(21-34-18-24-12-6-3-7-13-24)39-31(38-23(2)33)30(36-20-26-16-10-5-11-17-26)29(28)35-19-25-14-8-4-9-15-25/h3-17,27-31H,18-21H2,1-2H3/t27-,28-,29+,30-,31-/m1/s1. The van der Waals surface area contributed by atoms with E-state index < -0.39 is 42.6 Å². The fourth-order valence-electron chi connectivity index (χ4n) is 4.37. The monoisotopic (exact) mass is 534 g/mol. The van der Waals surface area contributed by atoms with Gasteiger partial charge in [-0.2, -0.15) is 0 Å². The summed E-state index contributed by atoms with van der Waals surface area (Å²) in [6, 6.07) is 28.9. The molecule has 3 aromatic carbocycles. The number of rotatable bonds is 12. The molecule has 4 rings (SSSR count). The van der Waals surface area contributed by atoms with E-state index in [0.29, 0.717) is 6.61 Å². The van der Waals surface area contributed by atoms with Gasteiger partial charge in [-0.25, -0.2) is 0 Å². The Labute approximate surface area is 228 Å². The van der Waals surface area contributed by atoms with E-state index in [9.17, 15) is 9.59 Å². The molecule has 1 fully saturated rings. The zero-order valence-corrected chi connectivity index (χ0v) is 22.1. The molecule has 1 aliphatic heterocycles. The Hall–Kier alpha value is -3.56. The molecule has 0 radical (unpaired) electrons. The van der Waals surface area contributed by atoms with Gasteiger partial charge in [-0.1, -0.05) is 91.0 Å². The van der Waals surface area contributed by atoms with Crippen LogP contribution in [0.4, 0.5) is 0 Å². The van der Waals surface area contributed by atoms with Gasteiger partial charge in [-0.15, -0.1) is 0 Å². The predicted molar refractivity (Wildman–Crippen MR) is 142 cm³/mol. The van der Waals surface area contributed by atoms with Crippen LogP contribution in [0, 0.1) is 0 Å². The van der Waals surface area contributed by atoms with Crippen LogP contribution in [-0.2, 0) is 57.8 Å². The maximum atomic E-state index is 12.2. The third kappa shape index (κ3) is 8.73. The highest BCUT2D eigenvalue weighted by molar-refractivity contribution is 5.66. The van der Waals surface area contributed by atoms with E-state index in [-0.39, 0.29) is 19.8 Å². The van der Waals surface area contributed by atoms with Crippen molar-refractivity contribution in [3.8, 4) is 0 Å². The Morgan fingerprint density at radius 1 is 0.615 bits per heavy atom. The molecule has 206 valence electrons. The lowest BCUT2D eigenvalue weighted by molar-refractivity contribution is -0.314. The molecule has 1 heterocycles. The summed E-state index contributed by atoms with van der Waals surface area (Å²) in [5.74, 6) is -1.04. The van der Waals surface area contributed by atoms with Crippen LogP contribution < -0.4 is 0 Å². The van der Waals surface area contributed by atoms with Crippen molar-refractivity contribution in [2.45, 2.75) is 64.4 Å². The van der Waals surface area contributed by atoms with Crippen molar-refractivity contribution in [2.24, 2.45) is 0 Å². The summed E-state index contributed by atoms with van der Waals surface area (Å²) in [5, 5.41) is 0. The average molecular weight is 535 g/mol. The number of ether oxygens (including phenoxy) is 6. The van der Waals surface area contributed by atoms with Gasteiger partial charge in [-0.05, 0) is 16.7 Å². The molecule has 39 heavy (non-hydrogen) atoms. The SMILES string of the molecule is CC(=O)O[C@@H]1O[C@H](COCc2ccccc2)[C@@H](OC(C)=O)[C@H](OCc2ccccc2)[C@H]1OCc1ccccc1. The predicted octanol–water partition coefficient (Wildman–Crippen LogP) is 4.59. The first-order valence-corrected chi connectivity index (χ1v) is 12.9. The van der Waals surface area contributed by atoms with E-state index >= 15 is 0 Å². The number of benzene rings is 3. The molecule has 0 aromatic heterocycles. The van der Waals surface area contributed by atoms with Crippen LogP contribution in [0.15, 0.2) is 91.0 Å². The molecule has 0 bridgehead atoms. The minimum Gasteiger partial charge on any atom is -0.457 e. The molecule has 5 atom stereocenters. The molecule has 1 saturated heterocycles. The van der Waals surface area contributed by atoms with Gasteiger partial charge in [0.05, 0.1) is 26.4 Å². The lowest BCUT2D eigenvalue weighted by Crippen LogP contribution is -2.62. The van der Waals surface area contributed by atoms with Crippen molar-refractivity contribution in [1.29, 1.82) is 0 Å². The maximum absolute atomic E-state index is 12.2. The number of hydrogen-bond acceptors (Lipinski definition) is 8. The number of carbonyl (C=O) groups is 2. The summed E-state index contributed by atoms with van der Waals surface area (Å²) in [4.78, 5) is 24.3. The number of carbonyl (C=O) groups excluding carboxylic acids is 2. The van der Waals surface area contributed by atoms with Crippen LogP contribution in [0.1, 0.15) is 30.5 Å². The molecule has 0 spiro atoms. The van der Waals surface area contributed by atoms with Crippen molar-refractivity contribution >= 4 is 11.9 Å². The Kier molecular flexibility index (Phi) is 10.6. The van der Waals surface area contributed by atoms with Gasteiger partial charge in [0.15, 0.2) is 12.2 Å². The topological polar surface area (TPSA) is 89.5 Å². The molecule has 0 unspecified atom stereocenters. The van der Waals surface area contributed by atoms with Gasteiger partial charge < -0.3 is 28.4 Å². The second kappa shape index (κ2) is 14.6. The Bertz CT molecular complexity index is 1150. The van der Waals surface area contributed by atoms with Crippen molar-refractivity contribution in [2.75, 3.05) is 6.61 Å². The van der Waals surface area contributed by atoms with E-state index in [2.05, 4.69) is 0 Å².